The Kier molecular flexibility index (Phi) is 4.75. The van der Waals surface area contributed by atoms with Crippen LogP contribution in [0.3, 0.4) is 0 Å². The predicted octanol–water partition coefficient (Wildman–Crippen LogP) is 1.24. The number of benzene rings is 1. The van der Waals surface area contributed by atoms with Crippen molar-refractivity contribution in [1.29, 1.82) is 0 Å². The van der Waals surface area contributed by atoms with E-state index in [1.807, 2.05) is 0 Å². The van der Waals surface area contributed by atoms with E-state index in [4.69, 9.17) is 9.52 Å². The van der Waals surface area contributed by atoms with E-state index >= 15 is 0 Å². The molecule has 1 aromatic carbocycles. The summed E-state index contributed by atoms with van der Waals surface area (Å²) in [6.45, 7) is -0.349. The molecule has 0 bridgehead atoms. The highest BCUT2D eigenvalue weighted by atomic mass is 32.2. The average molecular weight is 309 g/mol. The second-order valence-electron chi connectivity index (χ2n) is 4.06. The van der Waals surface area contributed by atoms with Gasteiger partial charge in [-0.3, -0.25) is 0 Å². The lowest BCUT2D eigenvalue weighted by molar-refractivity contribution is 0.350. The fraction of sp³-hybridized carbons (Fsp3) is 0.143. The maximum Gasteiger partial charge on any atom is 0.240 e. The summed E-state index contributed by atoms with van der Waals surface area (Å²) in [4.78, 5) is -0.196. The largest absolute Gasteiger partial charge is 0.472 e. The molecule has 2 N–H and O–H groups in total. The molecule has 21 heavy (non-hydrogen) atoms. The molecule has 0 saturated heterocycles. The van der Waals surface area contributed by atoms with Gasteiger partial charge in [-0.05, 0) is 24.3 Å². The summed E-state index contributed by atoms with van der Waals surface area (Å²) in [6.07, 6.45) is 2.84. The van der Waals surface area contributed by atoms with Crippen molar-refractivity contribution >= 4 is 10.0 Å². The average Bonchev–Trinajstić information content (AvgIpc) is 2.97. The second-order valence-corrected chi connectivity index (χ2v) is 5.82. The van der Waals surface area contributed by atoms with Crippen LogP contribution < -0.4 is 4.72 Å². The lowest BCUT2D eigenvalue weighted by Gasteiger charge is -2.06. The predicted molar refractivity (Wildman–Crippen MR) is 73.1 cm³/mol. The van der Waals surface area contributed by atoms with Crippen molar-refractivity contribution in [3.8, 4) is 11.8 Å². The van der Waals surface area contributed by atoms with Gasteiger partial charge in [0, 0.05) is 12.1 Å². The van der Waals surface area contributed by atoms with Gasteiger partial charge >= 0.3 is 0 Å². The molecule has 2 aromatic rings. The smallest absolute Gasteiger partial charge is 0.240 e. The number of aliphatic hydroxyl groups is 1. The van der Waals surface area contributed by atoms with Crippen LogP contribution in [0.2, 0.25) is 0 Å². The van der Waals surface area contributed by atoms with Crippen LogP contribution in [0.15, 0.2) is 46.1 Å². The van der Waals surface area contributed by atoms with Crippen molar-refractivity contribution in [2.45, 2.75) is 11.4 Å². The molecule has 0 unspecified atom stereocenters. The summed E-state index contributed by atoms with van der Waals surface area (Å²) in [6, 6.07) is 5.02. The van der Waals surface area contributed by atoms with Gasteiger partial charge in [0.05, 0.1) is 23.0 Å². The first-order valence-electron chi connectivity index (χ1n) is 5.93. The maximum atomic E-state index is 13.7. The van der Waals surface area contributed by atoms with E-state index in [1.54, 1.807) is 6.07 Å². The molecule has 0 fully saturated rings. The molecular weight excluding hydrogens is 297 g/mol. The van der Waals surface area contributed by atoms with Gasteiger partial charge in [0.25, 0.3) is 0 Å². The van der Waals surface area contributed by atoms with Crippen molar-refractivity contribution in [3.05, 3.63) is 53.7 Å². The molecule has 0 aliphatic carbocycles. The number of aliphatic hydroxyl groups excluding tert-OH is 1. The van der Waals surface area contributed by atoms with Crippen LogP contribution in [0.4, 0.5) is 4.39 Å². The Hall–Kier alpha value is -2.14. The zero-order chi connectivity index (χ0) is 15.3. The highest BCUT2D eigenvalue weighted by molar-refractivity contribution is 7.89. The Balaban J connectivity index is 2.18. The molecule has 0 radical (unpaired) electrons. The number of hydrogen-bond donors (Lipinski definition) is 2. The van der Waals surface area contributed by atoms with Crippen molar-refractivity contribution in [3.63, 3.8) is 0 Å². The highest BCUT2D eigenvalue weighted by Crippen LogP contribution is 2.15. The molecule has 0 amide bonds. The first-order valence-corrected chi connectivity index (χ1v) is 7.41. The molecule has 1 heterocycles. The zero-order valence-electron chi connectivity index (χ0n) is 10.8. The maximum absolute atomic E-state index is 13.7. The van der Waals surface area contributed by atoms with E-state index in [9.17, 15) is 12.8 Å². The van der Waals surface area contributed by atoms with E-state index in [2.05, 4.69) is 16.6 Å². The second kappa shape index (κ2) is 6.54. The lowest BCUT2D eigenvalue weighted by atomic mass is 10.2. The molecule has 0 aliphatic heterocycles. The highest BCUT2D eigenvalue weighted by Gasteiger charge is 2.15. The fourth-order valence-corrected chi connectivity index (χ4v) is 2.58. The summed E-state index contributed by atoms with van der Waals surface area (Å²) in [5.41, 5.74) is 0.683. The third kappa shape index (κ3) is 3.92. The number of nitrogens with one attached hydrogen (secondary N) is 1. The van der Waals surface area contributed by atoms with E-state index in [1.165, 1.54) is 24.7 Å². The number of rotatable bonds is 4. The van der Waals surface area contributed by atoms with Gasteiger partial charge in [0.15, 0.2) is 0 Å². The monoisotopic (exact) mass is 309 g/mol. The van der Waals surface area contributed by atoms with Crippen LogP contribution in [0.1, 0.15) is 11.1 Å². The van der Waals surface area contributed by atoms with E-state index in [-0.39, 0.29) is 17.0 Å². The summed E-state index contributed by atoms with van der Waals surface area (Å²) in [5, 5.41) is 8.55. The zero-order valence-corrected chi connectivity index (χ0v) is 11.7. The van der Waals surface area contributed by atoms with Crippen LogP contribution in [-0.2, 0) is 16.6 Å². The van der Waals surface area contributed by atoms with Gasteiger partial charge in [-0.2, -0.15) is 0 Å². The van der Waals surface area contributed by atoms with E-state index in [0.29, 0.717) is 5.56 Å². The summed E-state index contributed by atoms with van der Waals surface area (Å²) >= 11 is 0. The topological polar surface area (TPSA) is 79.5 Å². The molecular formula is C14H12FNO4S. The van der Waals surface area contributed by atoms with Crippen LogP contribution in [0, 0.1) is 17.7 Å². The Morgan fingerprint density at radius 3 is 2.76 bits per heavy atom. The first kappa shape index (κ1) is 15.3. The number of sulfonamides is 1. The number of halogens is 1. The quantitative estimate of drug-likeness (QED) is 0.833. The third-order valence-corrected chi connectivity index (χ3v) is 4.00. The van der Waals surface area contributed by atoms with Gasteiger partial charge in [0.1, 0.15) is 12.4 Å². The number of hydrogen-bond acceptors (Lipinski definition) is 4. The van der Waals surface area contributed by atoms with Crippen molar-refractivity contribution in [1.82, 2.24) is 4.72 Å². The number of furan rings is 1. The normalized spacial score (nSPS) is 11.0. The molecule has 5 nitrogen and oxygen atoms in total. The van der Waals surface area contributed by atoms with Crippen LogP contribution in [0.25, 0.3) is 0 Å². The van der Waals surface area contributed by atoms with Crippen LogP contribution in [-0.4, -0.2) is 20.1 Å². The molecule has 2 rings (SSSR count). The first-order chi connectivity index (χ1) is 10.0. The Labute approximate surface area is 121 Å². The minimum atomic E-state index is -3.83. The molecule has 0 spiro atoms. The summed E-state index contributed by atoms with van der Waals surface area (Å²) in [7, 11) is -3.83. The Morgan fingerprint density at radius 2 is 2.14 bits per heavy atom. The Morgan fingerprint density at radius 1 is 1.33 bits per heavy atom. The van der Waals surface area contributed by atoms with Crippen molar-refractivity contribution in [2.24, 2.45) is 0 Å². The third-order valence-electron chi connectivity index (χ3n) is 2.60. The molecule has 110 valence electrons. The molecule has 1 aromatic heterocycles. The SMILES string of the molecule is O=S(=O)(NCc1ccoc1)c1ccc(C#CCO)c(F)c1. The molecule has 0 aliphatic rings. The van der Waals surface area contributed by atoms with Gasteiger partial charge in [-0.25, -0.2) is 17.5 Å². The van der Waals surface area contributed by atoms with E-state index < -0.39 is 22.4 Å². The van der Waals surface area contributed by atoms with Gasteiger partial charge < -0.3 is 9.52 Å². The fourth-order valence-electron chi connectivity index (χ4n) is 1.55. The lowest BCUT2D eigenvalue weighted by Crippen LogP contribution is -2.23. The summed E-state index contributed by atoms with van der Waals surface area (Å²) in [5.74, 6) is 3.93. The molecule has 7 heteroatoms. The minimum Gasteiger partial charge on any atom is -0.472 e. The standard InChI is InChI=1S/C14H12FNO4S/c15-14-8-13(4-3-12(14)2-1-6-17)21(18,19)16-9-11-5-7-20-10-11/h3-5,7-8,10,16-17H,6,9H2. The van der Waals surface area contributed by atoms with Crippen LogP contribution >= 0.6 is 0 Å². The van der Waals surface area contributed by atoms with Crippen molar-refractivity contribution in [2.75, 3.05) is 6.61 Å². The Bertz CT molecular complexity index is 773. The summed E-state index contributed by atoms with van der Waals surface area (Å²) < 4.78 is 44.9. The van der Waals surface area contributed by atoms with Gasteiger partial charge in [-0.1, -0.05) is 11.8 Å². The van der Waals surface area contributed by atoms with Gasteiger partial charge in [-0.15, -0.1) is 0 Å². The molecule has 0 saturated carbocycles. The van der Waals surface area contributed by atoms with E-state index in [0.717, 1.165) is 6.07 Å². The van der Waals surface area contributed by atoms with Crippen LogP contribution in [0.5, 0.6) is 0 Å². The van der Waals surface area contributed by atoms with Gasteiger partial charge in [0.2, 0.25) is 10.0 Å². The molecule has 0 atom stereocenters. The van der Waals surface area contributed by atoms with Crippen molar-refractivity contribution < 1.29 is 22.3 Å². The minimum absolute atomic E-state index is 0.0258.